The predicted octanol–water partition coefficient (Wildman–Crippen LogP) is -1.08. The van der Waals surface area contributed by atoms with Crippen LogP contribution in [0.5, 0.6) is 0 Å². The first kappa shape index (κ1) is 15.5. The molecule has 110 valence electrons. The molecule has 1 rings (SSSR count). The Morgan fingerprint density at radius 3 is 2.70 bits per heavy atom. The van der Waals surface area contributed by atoms with E-state index in [-0.39, 0.29) is 19.5 Å². The molecule has 0 unspecified atom stereocenters. The first-order valence-electron chi connectivity index (χ1n) is 5.97. The summed E-state index contributed by atoms with van der Waals surface area (Å²) in [5.74, 6) is -1.84. The third kappa shape index (κ3) is 4.59. The summed E-state index contributed by atoms with van der Waals surface area (Å²) in [5, 5.41) is 11.4. The molecule has 0 fully saturated rings. The molecule has 0 spiro atoms. The van der Waals surface area contributed by atoms with Gasteiger partial charge in [-0.3, -0.25) is 4.79 Å². The van der Waals surface area contributed by atoms with E-state index in [1.54, 1.807) is 6.92 Å². The lowest BCUT2D eigenvalue weighted by molar-refractivity contribution is -0.139. The lowest BCUT2D eigenvalue weighted by Gasteiger charge is -2.22. The molecule has 9 heteroatoms. The van der Waals surface area contributed by atoms with E-state index in [0.717, 1.165) is 4.90 Å². The van der Waals surface area contributed by atoms with Gasteiger partial charge in [-0.05, 0) is 6.92 Å². The first-order valence-corrected chi connectivity index (χ1v) is 5.97. The van der Waals surface area contributed by atoms with Gasteiger partial charge < -0.3 is 26.0 Å². The summed E-state index contributed by atoms with van der Waals surface area (Å²) in [4.78, 5) is 41.5. The Balaban J connectivity index is 2.67. The van der Waals surface area contributed by atoms with Crippen molar-refractivity contribution < 1.29 is 19.5 Å². The largest absolute Gasteiger partial charge is 0.480 e. The molecular formula is C11H17N5O4. The van der Waals surface area contributed by atoms with E-state index in [1.165, 1.54) is 12.5 Å². The van der Waals surface area contributed by atoms with Crippen LogP contribution < -0.4 is 11.1 Å². The molecule has 1 heterocycles. The number of aliphatic carboxylic acids is 1. The van der Waals surface area contributed by atoms with E-state index >= 15 is 0 Å². The van der Waals surface area contributed by atoms with Crippen LogP contribution in [0.2, 0.25) is 0 Å². The molecule has 1 aromatic rings. The number of hydrogen-bond acceptors (Lipinski definition) is 4. The van der Waals surface area contributed by atoms with Gasteiger partial charge >= 0.3 is 12.0 Å². The minimum absolute atomic E-state index is 0.0647. The zero-order valence-corrected chi connectivity index (χ0v) is 11.0. The van der Waals surface area contributed by atoms with Crippen LogP contribution >= 0.6 is 0 Å². The Bertz CT molecular complexity index is 473. The summed E-state index contributed by atoms with van der Waals surface area (Å²) in [6.45, 7) is 1.64. The van der Waals surface area contributed by atoms with Crippen LogP contribution in [0.1, 0.15) is 12.6 Å². The number of imidazole rings is 1. The molecule has 1 atom stereocenters. The number of H-pyrrole nitrogens is 1. The number of nitrogens with zero attached hydrogens (tertiary/aromatic N) is 2. The molecule has 0 aliphatic carbocycles. The second-order valence-electron chi connectivity index (χ2n) is 4.10. The lowest BCUT2D eigenvalue weighted by atomic mass is 10.1. The summed E-state index contributed by atoms with van der Waals surface area (Å²) < 4.78 is 0. The monoisotopic (exact) mass is 283 g/mol. The number of urea groups is 1. The highest BCUT2D eigenvalue weighted by Crippen LogP contribution is 2.00. The average Bonchev–Trinajstić information content (AvgIpc) is 2.87. The molecule has 0 aromatic carbocycles. The Kier molecular flexibility index (Phi) is 5.51. The number of aromatic nitrogens is 2. The van der Waals surface area contributed by atoms with Crippen molar-refractivity contribution >= 4 is 17.9 Å². The van der Waals surface area contributed by atoms with E-state index < -0.39 is 23.9 Å². The van der Waals surface area contributed by atoms with Crippen LogP contribution in [0.25, 0.3) is 0 Å². The van der Waals surface area contributed by atoms with Gasteiger partial charge in [-0.2, -0.15) is 0 Å². The van der Waals surface area contributed by atoms with Gasteiger partial charge in [-0.25, -0.2) is 14.6 Å². The zero-order chi connectivity index (χ0) is 15.1. The molecule has 0 saturated heterocycles. The molecule has 0 aliphatic heterocycles. The smallest absolute Gasteiger partial charge is 0.326 e. The van der Waals surface area contributed by atoms with E-state index in [1.807, 2.05) is 0 Å². The van der Waals surface area contributed by atoms with Crippen molar-refractivity contribution in [1.82, 2.24) is 20.2 Å². The van der Waals surface area contributed by atoms with Crippen LogP contribution in [-0.4, -0.2) is 57.0 Å². The Morgan fingerprint density at radius 1 is 1.55 bits per heavy atom. The SMILES string of the molecule is CCN(CC(N)=O)C(=O)N[C@@H](Cc1cnc[nH]1)C(=O)O. The van der Waals surface area contributed by atoms with Gasteiger partial charge in [0.2, 0.25) is 5.91 Å². The Hall–Kier alpha value is -2.58. The molecule has 5 N–H and O–H groups in total. The topological polar surface area (TPSA) is 141 Å². The summed E-state index contributed by atoms with van der Waals surface area (Å²) >= 11 is 0. The number of amides is 3. The van der Waals surface area contributed by atoms with Crippen molar-refractivity contribution in [2.75, 3.05) is 13.1 Å². The quantitative estimate of drug-likeness (QED) is 0.503. The fraction of sp³-hybridized carbons (Fsp3) is 0.455. The predicted molar refractivity (Wildman–Crippen MR) is 68.7 cm³/mol. The van der Waals surface area contributed by atoms with Gasteiger partial charge in [-0.1, -0.05) is 0 Å². The fourth-order valence-corrected chi connectivity index (χ4v) is 1.57. The van der Waals surface area contributed by atoms with Gasteiger partial charge in [0.05, 0.1) is 6.33 Å². The number of nitrogens with two attached hydrogens (primary N) is 1. The minimum atomic E-state index is -1.18. The van der Waals surface area contributed by atoms with Crippen LogP contribution in [-0.2, 0) is 16.0 Å². The highest BCUT2D eigenvalue weighted by atomic mass is 16.4. The second kappa shape index (κ2) is 7.12. The van der Waals surface area contributed by atoms with Crippen molar-refractivity contribution in [1.29, 1.82) is 0 Å². The van der Waals surface area contributed by atoms with E-state index in [4.69, 9.17) is 10.8 Å². The van der Waals surface area contributed by atoms with E-state index in [9.17, 15) is 14.4 Å². The number of primary amides is 1. The highest BCUT2D eigenvalue weighted by molar-refractivity contribution is 5.86. The minimum Gasteiger partial charge on any atom is -0.480 e. The molecule has 1 aromatic heterocycles. The summed E-state index contributed by atoms with van der Waals surface area (Å²) in [6.07, 6.45) is 2.96. The average molecular weight is 283 g/mol. The Morgan fingerprint density at radius 2 is 2.25 bits per heavy atom. The second-order valence-corrected chi connectivity index (χ2v) is 4.10. The number of carboxylic acids is 1. The van der Waals surface area contributed by atoms with Gasteiger partial charge in [0.1, 0.15) is 12.6 Å². The van der Waals surface area contributed by atoms with Crippen LogP contribution in [0.3, 0.4) is 0 Å². The van der Waals surface area contributed by atoms with Gasteiger partial charge in [0.15, 0.2) is 0 Å². The maximum Gasteiger partial charge on any atom is 0.326 e. The number of rotatable bonds is 7. The maximum absolute atomic E-state index is 11.9. The van der Waals surface area contributed by atoms with Crippen molar-refractivity contribution in [3.63, 3.8) is 0 Å². The van der Waals surface area contributed by atoms with Crippen molar-refractivity contribution in [3.05, 3.63) is 18.2 Å². The third-order valence-corrected chi connectivity index (χ3v) is 2.59. The molecule has 0 bridgehead atoms. The number of nitrogens with one attached hydrogen (secondary N) is 2. The molecule has 9 nitrogen and oxygen atoms in total. The summed E-state index contributed by atoms with van der Waals surface area (Å²) in [7, 11) is 0. The number of hydrogen-bond donors (Lipinski definition) is 4. The molecule has 3 amide bonds. The number of likely N-dealkylation sites (N-methyl/N-ethyl adjacent to an activating group) is 1. The number of carbonyl (C=O) groups excluding carboxylic acids is 2. The number of carbonyl (C=O) groups is 3. The molecule has 20 heavy (non-hydrogen) atoms. The standard InChI is InChI=1S/C11H17N5O4/c1-2-16(5-9(12)17)11(20)15-8(10(18)19)3-7-4-13-6-14-7/h4,6,8H,2-3,5H2,1H3,(H2,12,17)(H,13,14)(H,15,20)(H,18,19)/t8-/m0/s1. The van der Waals surface area contributed by atoms with Gasteiger partial charge in [0.25, 0.3) is 0 Å². The lowest BCUT2D eigenvalue weighted by Crippen LogP contribution is -2.50. The van der Waals surface area contributed by atoms with Gasteiger partial charge in [0, 0.05) is 24.9 Å². The van der Waals surface area contributed by atoms with Crippen molar-refractivity contribution in [2.45, 2.75) is 19.4 Å². The molecular weight excluding hydrogens is 266 g/mol. The molecule has 0 aliphatic rings. The van der Waals surface area contributed by atoms with Crippen LogP contribution in [0.15, 0.2) is 12.5 Å². The normalized spacial score (nSPS) is 11.7. The fourth-order valence-electron chi connectivity index (χ4n) is 1.57. The van der Waals surface area contributed by atoms with Crippen molar-refractivity contribution in [3.8, 4) is 0 Å². The zero-order valence-electron chi connectivity index (χ0n) is 11.0. The number of carboxylic acid groups (broad SMARTS) is 1. The first-order chi connectivity index (χ1) is 9.43. The number of aromatic amines is 1. The van der Waals surface area contributed by atoms with E-state index in [0.29, 0.717) is 5.69 Å². The van der Waals surface area contributed by atoms with E-state index in [2.05, 4.69) is 15.3 Å². The van der Waals surface area contributed by atoms with Crippen molar-refractivity contribution in [2.24, 2.45) is 5.73 Å². The molecule has 0 saturated carbocycles. The summed E-state index contributed by atoms with van der Waals surface area (Å²) in [5.41, 5.74) is 5.60. The highest BCUT2D eigenvalue weighted by Gasteiger charge is 2.24. The maximum atomic E-state index is 11.9. The Labute approximate surface area is 115 Å². The van der Waals surface area contributed by atoms with Crippen LogP contribution in [0, 0.1) is 0 Å². The third-order valence-electron chi connectivity index (χ3n) is 2.59. The summed E-state index contributed by atoms with van der Waals surface area (Å²) in [6, 6.07) is -1.77. The van der Waals surface area contributed by atoms with Crippen LogP contribution in [0.4, 0.5) is 4.79 Å². The molecule has 0 radical (unpaired) electrons. The van der Waals surface area contributed by atoms with Gasteiger partial charge in [-0.15, -0.1) is 0 Å².